The summed E-state index contributed by atoms with van der Waals surface area (Å²) in [4.78, 5) is 48.7. The second-order valence-electron chi connectivity index (χ2n) is 12.0. The number of benzene rings is 2. The molecular weight excluding hydrogens is 530 g/mol. The van der Waals surface area contributed by atoms with E-state index in [0.29, 0.717) is 26.1 Å². The molecular formula is C34H39N3O5. The van der Waals surface area contributed by atoms with Crippen molar-refractivity contribution in [2.24, 2.45) is 11.8 Å². The van der Waals surface area contributed by atoms with Gasteiger partial charge in [0, 0.05) is 25.3 Å². The van der Waals surface area contributed by atoms with E-state index in [1.54, 1.807) is 14.7 Å². The molecule has 4 aliphatic heterocycles. The standard InChI is InChI=1S/C34H39N3O5/c1-3-4-19-35-20-12-18-34-28(27-30(39)36(25-15-9-6-10-16-25)21-11-17-33(27,2)42-34)31(40)37(29(34)32(35)41)26(23-38)22-24-13-7-5-8-14-24/h5-18,26-29,38H,3-4,19-23H2,1-2H3/t26-,27-,28+,29?,33+,34+/m1/s1. The number of nitrogens with zero attached hydrogens (tertiary/aromatic N) is 3. The number of aliphatic hydroxyl groups excluding tert-OH is 1. The molecule has 6 rings (SSSR count). The number of fused-ring (bicyclic) bond motifs is 2. The lowest BCUT2D eigenvalue weighted by Crippen LogP contribution is -2.59. The van der Waals surface area contributed by atoms with Crippen molar-refractivity contribution in [2.45, 2.75) is 56.4 Å². The summed E-state index contributed by atoms with van der Waals surface area (Å²) in [6.07, 6.45) is 9.73. The average molecular weight is 570 g/mol. The number of carbonyl (C=O) groups is 3. The van der Waals surface area contributed by atoms with Crippen LogP contribution in [0.5, 0.6) is 0 Å². The van der Waals surface area contributed by atoms with E-state index >= 15 is 0 Å². The second-order valence-corrected chi connectivity index (χ2v) is 12.0. The van der Waals surface area contributed by atoms with Gasteiger partial charge in [-0.25, -0.2) is 0 Å². The molecule has 220 valence electrons. The number of hydrogen-bond acceptors (Lipinski definition) is 5. The highest BCUT2D eigenvalue weighted by molar-refractivity contribution is 6.04. The minimum absolute atomic E-state index is 0.202. The van der Waals surface area contributed by atoms with E-state index < -0.39 is 35.1 Å². The summed E-state index contributed by atoms with van der Waals surface area (Å²) in [5, 5.41) is 10.7. The molecule has 2 aromatic rings. The highest BCUT2D eigenvalue weighted by Gasteiger charge is 2.75. The SMILES string of the molecule is CCCCN1CC=C[C@]23O[C@@]4(C)C=CCN(c5ccccc5)C(=O)[C@H]4[C@H]2C(=O)N([C@@H](CO)Cc2ccccc2)C3C1=O. The van der Waals surface area contributed by atoms with Gasteiger partial charge < -0.3 is 24.5 Å². The van der Waals surface area contributed by atoms with Crippen molar-refractivity contribution >= 4 is 23.4 Å². The van der Waals surface area contributed by atoms with Crippen LogP contribution < -0.4 is 4.90 Å². The Labute approximate surface area is 247 Å². The quantitative estimate of drug-likeness (QED) is 0.493. The smallest absolute Gasteiger partial charge is 0.249 e. The second kappa shape index (κ2) is 11.2. The number of carbonyl (C=O) groups excluding carboxylic acids is 3. The third kappa shape index (κ3) is 4.48. The minimum atomic E-state index is -1.35. The Morgan fingerprint density at radius 1 is 0.905 bits per heavy atom. The summed E-state index contributed by atoms with van der Waals surface area (Å²) in [6.45, 7) is 4.92. The summed E-state index contributed by atoms with van der Waals surface area (Å²) >= 11 is 0. The molecule has 4 aliphatic rings. The van der Waals surface area contributed by atoms with Gasteiger partial charge in [0.05, 0.1) is 30.1 Å². The molecule has 2 saturated heterocycles. The Hall–Kier alpha value is -3.75. The Balaban J connectivity index is 1.47. The van der Waals surface area contributed by atoms with Crippen molar-refractivity contribution in [3.63, 3.8) is 0 Å². The van der Waals surface area contributed by atoms with E-state index in [1.807, 2.05) is 91.9 Å². The predicted octanol–water partition coefficient (Wildman–Crippen LogP) is 3.36. The zero-order valence-corrected chi connectivity index (χ0v) is 24.3. The van der Waals surface area contributed by atoms with E-state index in [4.69, 9.17) is 4.74 Å². The largest absolute Gasteiger partial charge is 0.394 e. The van der Waals surface area contributed by atoms with Gasteiger partial charge in [-0.1, -0.05) is 86.2 Å². The molecule has 8 heteroatoms. The van der Waals surface area contributed by atoms with E-state index in [0.717, 1.165) is 24.1 Å². The molecule has 1 unspecified atom stereocenters. The van der Waals surface area contributed by atoms with Gasteiger partial charge >= 0.3 is 0 Å². The molecule has 0 aromatic heterocycles. The van der Waals surface area contributed by atoms with Crippen LogP contribution in [0.1, 0.15) is 32.3 Å². The molecule has 1 spiro atoms. The first kappa shape index (κ1) is 28.4. The van der Waals surface area contributed by atoms with Gasteiger partial charge in [0.2, 0.25) is 17.7 Å². The van der Waals surface area contributed by atoms with Gasteiger partial charge in [0.1, 0.15) is 11.6 Å². The van der Waals surface area contributed by atoms with E-state index in [2.05, 4.69) is 6.92 Å². The fourth-order valence-corrected chi connectivity index (χ4v) is 7.43. The maximum absolute atomic E-state index is 14.8. The van der Waals surface area contributed by atoms with Crippen molar-refractivity contribution < 1.29 is 24.2 Å². The molecule has 2 aromatic carbocycles. The van der Waals surface area contributed by atoms with Gasteiger partial charge in [0.15, 0.2) is 0 Å². The highest BCUT2D eigenvalue weighted by atomic mass is 16.5. The molecule has 0 saturated carbocycles. The number of hydrogen-bond donors (Lipinski definition) is 1. The summed E-state index contributed by atoms with van der Waals surface area (Å²) in [5.41, 5.74) is -0.753. The molecule has 42 heavy (non-hydrogen) atoms. The van der Waals surface area contributed by atoms with E-state index in [1.165, 1.54) is 0 Å². The molecule has 0 radical (unpaired) electrons. The van der Waals surface area contributed by atoms with Crippen LogP contribution in [0.3, 0.4) is 0 Å². The number of aliphatic hydroxyl groups is 1. The Morgan fingerprint density at radius 3 is 2.29 bits per heavy atom. The minimum Gasteiger partial charge on any atom is -0.394 e. The van der Waals surface area contributed by atoms with Gasteiger partial charge in [0.25, 0.3) is 0 Å². The Kier molecular flexibility index (Phi) is 7.53. The first-order chi connectivity index (χ1) is 20.3. The van der Waals surface area contributed by atoms with Crippen LogP contribution in [0.2, 0.25) is 0 Å². The third-order valence-electron chi connectivity index (χ3n) is 9.35. The molecule has 0 bridgehead atoms. The number of ether oxygens (including phenoxy) is 1. The van der Waals surface area contributed by atoms with Crippen molar-refractivity contribution in [2.75, 3.05) is 31.1 Å². The highest BCUT2D eigenvalue weighted by Crippen LogP contribution is 2.58. The maximum Gasteiger partial charge on any atom is 0.249 e. The number of para-hydroxylation sites is 1. The van der Waals surface area contributed by atoms with Gasteiger partial charge in [-0.15, -0.1) is 0 Å². The van der Waals surface area contributed by atoms with Gasteiger partial charge in [-0.05, 0) is 37.5 Å². The molecule has 8 nitrogen and oxygen atoms in total. The van der Waals surface area contributed by atoms with Crippen LogP contribution in [-0.2, 0) is 25.5 Å². The fraction of sp³-hybridized carbons (Fsp3) is 0.441. The lowest BCUT2D eigenvalue weighted by molar-refractivity contribution is -0.154. The number of amides is 3. The van der Waals surface area contributed by atoms with E-state index in [-0.39, 0.29) is 24.3 Å². The molecule has 2 fully saturated rings. The third-order valence-corrected chi connectivity index (χ3v) is 9.35. The lowest BCUT2D eigenvalue weighted by atomic mass is 9.74. The van der Waals surface area contributed by atoms with Crippen LogP contribution in [0.25, 0.3) is 0 Å². The average Bonchev–Trinajstić information content (AvgIpc) is 3.28. The van der Waals surface area contributed by atoms with Gasteiger partial charge in [-0.3, -0.25) is 14.4 Å². The maximum atomic E-state index is 14.8. The molecule has 3 amide bonds. The van der Waals surface area contributed by atoms with Gasteiger partial charge in [-0.2, -0.15) is 0 Å². The zero-order valence-electron chi connectivity index (χ0n) is 24.3. The number of anilines is 1. The van der Waals surface area contributed by atoms with Crippen LogP contribution in [-0.4, -0.2) is 82.2 Å². The monoisotopic (exact) mass is 569 g/mol. The van der Waals surface area contributed by atoms with Crippen LogP contribution >= 0.6 is 0 Å². The van der Waals surface area contributed by atoms with Crippen LogP contribution in [0.15, 0.2) is 85.0 Å². The Bertz CT molecular complexity index is 1390. The lowest BCUT2D eigenvalue weighted by Gasteiger charge is -2.40. The summed E-state index contributed by atoms with van der Waals surface area (Å²) in [5.74, 6) is -2.51. The zero-order chi connectivity index (χ0) is 29.5. The topological polar surface area (TPSA) is 90.4 Å². The molecule has 4 heterocycles. The first-order valence-electron chi connectivity index (χ1n) is 15.0. The first-order valence-corrected chi connectivity index (χ1v) is 15.0. The normalized spacial score (nSPS) is 31.1. The Morgan fingerprint density at radius 2 is 1.60 bits per heavy atom. The number of likely N-dealkylation sites (tertiary alicyclic amines) is 1. The fourth-order valence-electron chi connectivity index (χ4n) is 7.43. The van der Waals surface area contributed by atoms with Crippen molar-refractivity contribution in [1.29, 1.82) is 0 Å². The van der Waals surface area contributed by atoms with Crippen molar-refractivity contribution in [1.82, 2.24) is 9.80 Å². The van der Waals surface area contributed by atoms with Crippen LogP contribution in [0.4, 0.5) is 5.69 Å². The van der Waals surface area contributed by atoms with Crippen LogP contribution in [0, 0.1) is 11.8 Å². The number of rotatable bonds is 8. The number of unbranched alkanes of at least 4 members (excludes halogenated alkanes) is 1. The predicted molar refractivity (Wildman–Crippen MR) is 159 cm³/mol. The summed E-state index contributed by atoms with van der Waals surface area (Å²) in [6, 6.07) is 17.4. The summed E-state index contributed by atoms with van der Waals surface area (Å²) in [7, 11) is 0. The van der Waals surface area contributed by atoms with Crippen molar-refractivity contribution in [3.8, 4) is 0 Å². The summed E-state index contributed by atoms with van der Waals surface area (Å²) < 4.78 is 6.94. The molecule has 1 N–H and O–H groups in total. The molecule has 0 aliphatic carbocycles. The molecule has 6 atom stereocenters. The van der Waals surface area contributed by atoms with Crippen molar-refractivity contribution in [3.05, 3.63) is 90.5 Å². The van der Waals surface area contributed by atoms with E-state index in [9.17, 15) is 19.5 Å².